The van der Waals surface area contributed by atoms with Crippen molar-refractivity contribution in [3.63, 3.8) is 0 Å². The van der Waals surface area contributed by atoms with E-state index in [0.717, 1.165) is 5.56 Å². The Bertz CT molecular complexity index is 1410. The highest BCUT2D eigenvalue weighted by molar-refractivity contribution is 6.30. The number of halogens is 1. The summed E-state index contributed by atoms with van der Waals surface area (Å²) in [5.41, 5.74) is 10.9. The van der Waals surface area contributed by atoms with E-state index in [1.165, 1.54) is 12.3 Å². The van der Waals surface area contributed by atoms with E-state index in [-0.39, 0.29) is 17.5 Å². The highest BCUT2D eigenvalue weighted by Gasteiger charge is 2.13. The van der Waals surface area contributed by atoms with Crippen molar-refractivity contribution in [3.8, 4) is 11.6 Å². The molecular formula is C27H23ClN6O4. The van der Waals surface area contributed by atoms with Gasteiger partial charge in [0.05, 0.1) is 17.0 Å². The van der Waals surface area contributed by atoms with Crippen molar-refractivity contribution < 1.29 is 19.4 Å². The molecule has 0 fully saturated rings. The van der Waals surface area contributed by atoms with E-state index in [1.807, 2.05) is 12.1 Å². The van der Waals surface area contributed by atoms with Gasteiger partial charge in [0.25, 0.3) is 5.91 Å². The van der Waals surface area contributed by atoms with Gasteiger partial charge in [0.2, 0.25) is 5.88 Å². The Hall–Kier alpha value is -4.93. The van der Waals surface area contributed by atoms with Crippen LogP contribution < -0.4 is 26.4 Å². The number of hydrogen-bond donors (Lipinski definition) is 5. The molecule has 4 rings (SSSR count). The molecule has 2 aromatic carbocycles. The summed E-state index contributed by atoms with van der Waals surface area (Å²) in [6, 6.07) is 23.9. The van der Waals surface area contributed by atoms with Crippen molar-refractivity contribution in [1.82, 2.24) is 26.2 Å². The van der Waals surface area contributed by atoms with Crippen LogP contribution in [0.3, 0.4) is 0 Å². The predicted octanol–water partition coefficient (Wildman–Crippen LogP) is 4.40. The first-order valence-corrected chi connectivity index (χ1v) is 11.7. The number of amides is 1. The fraction of sp³-hybridized carbons (Fsp3) is 0.0370. The molecule has 0 unspecified atom stereocenters. The lowest BCUT2D eigenvalue weighted by Gasteiger charge is -2.12. The molecule has 38 heavy (non-hydrogen) atoms. The van der Waals surface area contributed by atoms with Crippen LogP contribution in [0.15, 0.2) is 97.3 Å². The maximum atomic E-state index is 12.9. The number of hydrogen-bond acceptors (Lipinski definition) is 8. The first-order valence-electron chi connectivity index (χ1n) is 11.4. The molecule has 1 amide bonds. The van der Waals surface area contributed by atoms with Gasteiger partial charge >= 0.3 is 5.97 Å². The number of nitrogens with one attached hydrogen (secondary N) is 4. The van der Waals surface area contributed by atoms with E-state index in [9.17, 15) is 9.59 Å². The third-order valence-electron chi connectivity index (χ3n) is 5.07. The first kappa shape index (κ1) is 26.1. The summed E-state index contributed by atoms with van der Waals surface area (Å²) in [5.74, 6) is -0.789. The van der Waals surface area contributed by atoms with E-state index in [0.29, 0.717) is 34.3 Å². The molecule has 0 radical (unpaired) electrons. The number of carboxylic acids is 1. The van der Waals surface area contributed by atoms with E-state index < -0.39 is 5.97 Å². The summed E-state index contributed by atoms with van der Waals surface area (Å²) < 4.78 is 5.61. The van der Waals surface area contributed by atoms with Crippen LogP contribution in [-0.2, 0) is 11.3 Å². The SMILES string of the molecule is O=C(NCc1ccc(Cl)cc1)/C(=C\NNNc1ccc(Oc2cccc(C(=O)O)n2)cc1)c1ccccn1. The Morgan fingerprint density at radius 1 is 0.921 bits per heavy atom. The van der Waals surface area contributed by atoms with Crippen molar-refractivity contribution in [2.75, 3.05) is 5.43 Å². The highest BCUT2D eigenvalue weighted by atomic mass is 35.5. The number of nitrogens with zero attached hydrogens (tertiary/aromatic N) is 2. The summed E-state index contributed by atoms with van der Waals surface area (Å²) >= 11 is 5.92. The van der Waals surface area contributed by atoms with E-state index in [4.69, 9.17) is 21.4 Å². The predicted molar refractivity (Wildman–Crippen MR) is 143 cm³/mol. The van der Waals surface area contributed by atoms with E-state index in [2.05, 4.69) is 31.7 Å². The molecular weight excluding hydrogens is 508 g/mol. The molecule has 2 aromatic heterocycles. The first-order chi connectivity index (χ1) is 18.5. The van der Waals surface area contributed by atoms with Crippen LogP contribution in [0.4, 0.5) is 5.69 Å². The Balaban J connectivity index is 1.33. The molecule has 4 aromatic rings. The lowest BCUT2D eigenvalue weighted by Crippen LogP contribution is -2.34. The molecule has 0 aliphatic rings. The van der Waals surface area contributed by atoms with Gasteiger partial charge in [0.15, 0.2) is 5.69 Å². The number of rotatable bonds is 11. The minimum Gasteiger partial charge on any atom is -0.477 e. The summed E-state index contributed by atoms with van der Waals surface area (Å²) in [6.45, 7) is 0.330. The van der Waals surface area contributed by atoms with Gasteiger partial charge in [-0.05, 0) is 60.2 Å². The van der Waals surface area contributed by atoms with Crippen molar-refractivity contribution in [2.24, 2.45) is 0 Å². The number of ether oxygens (including phenoxy) is 1. The summed E-state index contributed by atoms with van der Waals surface area (Å²) in [6.07, 6.45) is 3.11. The molecule has 5 N–H and O–H groups in total. The number of benzene rings is 2. The fourth-order valence-corrected chi connectivity index (χ4v) is 3.32. The smallest absolute Gasteiger partial charge is 0.354 e. The molecule has 0 saturated carbocycles. The van der Waals surface area contributed by atoms with Crippen LogP contribution in [0.2, 0.25) is 5.02 Å². The highest BCUT2D eigenvalue weighted by Crippen LogP contribution is 2.21. The Morgan fingerprint density at radius 2 is 1.68 bits per heavy atom. The number of hydrazine groups is 2. The average Bonchev–Trinajstić information content (AvgIpc) is 2.94. The number of anilines is 1. The van der Waals surface area contributed by atoms with Crippen molar-refractivity contribution in [3.05, 3.63) is 119 Å². The van der Waals surface area contributed by atoms with Gasteiger partial charge in [0, 0.05) is 30.0 Å². The number of carbonyl (C=O) groups excluding carboxylic acids is 1. The van der Waals surface area contributed by atoms with Crippen LogP contribution in [0.25, 0.3) is 5.57 Å². The van der Waals surface area contributed by atoms with Crippen LogP contribution in [-0.4, -0.2) is 27.0 Å². The number of aromatic nitrogens is 2. The molecule has 0 spiro atoms. The number of aromatic carboxylic acids is 1. The van der Waals surface area contributed by atoms with Crippen LogP contribution >= 0.6 is 11.6 Å². The van der Waals surface area contributed by atoms with Crippen LogP contribution in [0.5, 0.6) is 11.6 Å². The molecule has 0 aliphatic heterocycles. The van der Waals surface area contributed by atoms with Gasteiger partial charge in [0.1, 0.15) is 5.75 Å². The maximum absolute atomic E-state index is 12.9. The van der Waals surface area contributed by atoms with Crippen LogP contribution in [0.1, 0.15) is 21.7 Å². The minimum absolute atomic E-state index is 0.104. The van der Waals surface area contributed by atoms with Gasteiger partial charge < -0.3 is 26.0 Å². The number of carbonyl (C=O) groups is 2. The molecule has 10 nitrogen and oxygen atoms in total. The number of carboxylic acid groups (broad SMARTS) is 1. The van der Waals surface area contributed by atoms with E-state index >= 15 is 0 Å². The zero-order chi connectivity index (χ0) is 26.7. The molecule has 192 valence electrons. The average molecular weight is 531 g/mol. The molecule has 0 aliphatic carbocycles. The van der Waals surface area contributed by atoms with Gasteiger partial charge in [-0.1, -0.05) is 35.9 Å². The molecule has 0 atom stereocenters. The van der Waals surface area contributed by atoms with E-state index in [1.54, 1.807) is 72.9 Å². The second-order valence-electron chi connectivity index (χ2n) is 7.77. The number of pyridine rings is 2. The van der Waals surface area contributed by atoms with Gasteiger partial charge in [-0.2, -0.15) is 5.53 Å². The normalized spacial score (nSPS) is 10.9. The Kier molecular flexibility index (Phi) is 8.85. The lowest BCUT2D eigenvalue weighted by molar-refractivity contribution is -0.115. The standard InChI is InChI=1S/C27H23ClN6O4/c28-19-9-7-18(8-10-19)16-30-26(35)22(23-4-1-2-15-29-23)17-31-34-33-20-11-13-21(14-12-20)38-25-6-3-5-24(32-25)27(36)37/h1-15,17,31,33-34H,16H2,(H,30,35)(H,36,37)/b22-17-. The minimum atomic E-state index is -1.13. The summed E-state index contributed by atoms with van der Waals surface area (Å²) in [7, 11) is 0. The van der Waals surface area contributed by atoms with Crippen LogP contribution in [0, 0.1) is 0 Å². The zero-order valence-corrected chi connectivity index (χ0v) is 20.6. The van der Waals surface area contributed by atoms with Gasteiger partial charge in [-0.25, -0.2) is 9.78 Å². The largest absolute Gasteiger partial charge is 0.477 e. The molecule has 0 saturated heterocycles. The Labute approximate surface area is 223 Å². The third kappa shape index (κ3) is 7.53. The molecule has 11 heteroatoms. The van der Waals surface area contributed by atoms with Crippen molar-refractivity contribution in [1.29, 1.82) is 0 Å². The van der Waals surface area contributed by atoms with Gasteiger partial charge in [-0.3, -0.25) is 9.78 Å². The molecule has 2 heterocycles. The topological polar surface area (TPSA) is 138 Å². The molecule has 0 bridgehead atoms. The Morgan fingerprint density at radius 3 is 2.39 bits per heavy atom. The summed E-state index contributed by atoms with van der Waals surface area (Å²) in [4.78, 5) is 32.2. The monoisotopic (exact) mass is 530 g/mol. The second kappa shape index (κ2) is 12.9. The lowest BCUT2D eigenvalue weighted by atomic mass is 10.1. The van der Waals surface area contributed by atoms with Crippen molar-refractivity contribution in [2.45, 2.75) is 6.54 Å². The second-order valence-corrected chi connectivity index (χ2v) is 8.21. The zero-order valence-electron chi connectivity index (χ0n) is 19.9. The third-order valence-corrected chi connectivity index (χ3v) is 5.32. The van der Waals surface area contributed by atoms with Gasteiger partial charge in [-0.15, -0.1) is 0 Å². The van der Waals surface area contributed by atoms with Crippen molar-refractivity contribution >= 4 is 34.7 Å². The maximum Gasteiger partial charge on any atom is 0.354 e. The fourth-order valence-electron chi connectivity index (χ4n) is 3.19. The quantitative estimate of drug-likeness (QED) is 0.108. The summed E-state index contributed by atoms with van der Waals surface area (Å²) in [5, 5.41) is 12.6.